The fraction of sp³-hybridized carbons (Fsp3) is 0.565. The van der Waals surface area contributed by atoms with Gasteiger partial charge in [-0.25, -0.2) is 0 Å². The molecule has 0 spiro atoms. The fourth-order valence-electron chi connectivity index (χ4n) is 5.40. The van der Waals surface area contributed by atoms with Crippen molar-refractivity contribution in [1.29, 1.82) is 0 Å². The van der Waals surface area contributed by atoms with Crippen molar-refractivity contribution < 1.29 is 19.4 Å². The molecular weight excluding hydrogens is 382 g/mol. The number of amides is 2. The summed E-state index contributed by atoms with van der Waals surface area (Å²) >= 11 is 0. The van der Waals surface area contributed by atoms with E-state index in [1.807, 2.05) is 25.1 Å². The number of piperidine rings is 1. The number of hydrogen-bond donors (Lipinski definition) is 2. The van der Waals surface area contributed by atoms with Gasteiger partial charge in [0.1, 0.15) is 17.9 Å². The molecule has 30 heavy (non-hydrogen) atoms. The zero-order valence-corrected chi connectivity index (χ0v) is 17.4. The third kappa shape index (κ3) is 3.40. The molecule has 3 fully saturated rings. The van der Waals surface area contributed by atoms with Crippen LogP contribution >= 0.6 is 0 Å². The van der Waals surface area contributed by atoms with E-state index in [4.69, 9.17) is 4.74 Å². The smallest absolute Gasteiger partial charge is 0.255 e. The Hall–Kier alpha value is -2.38. The Morgan fingerprint density at radius 1 is 1.23 bits per heavy atom. The first-order valence-corrected chi connectivity index (χ1v) is 10.9. The number of nitrogens with one attached hydrogen (secondary N) is 1. The van der Waals surface area contributed by atoms with Crippen molar-refractivity contribution >= 4 is 11.8 Å². The van der Waals surface area contributed by atoms with Crippen LogP contribution in [0.3, 0.4) is 0 Å². The first kappa shape index (κ1) is 19.6. The van der Waals surface area contributed by atoms with Crippen LogP contribution in [0, 0.1) is 0 Å². The number of carbonyl (C=O) groups is 2. The van der Waals surface area contributed by atoms with Crippen molar-refractivity contribution in [2.24, 2.45) is 0 Å². The highest BCUT2D eigenvalue weighted by molar-refractivity contribution is 6.01. The number of carbonyl (C=O) groups excluding carboxylic acids is 2. The molecule has 4 aliphatic rings. The van der Waals surface area contributed by atoms with Crippen LogP contribution in [0.25, 0.3) is 0 Å². The van der Waals surface area contributed by atoms with Gasteiger partial charge in [0.2, 0.25) is 5.91 Å². The minimum atomic E-state index is -0.581. The molecule has 5 rings (SSSR count). The number of allylic oxidation sites excluding steroid dienone is 1. The van der Waals surface area contributed by atoms with Crippen molar-refractivity contribution in [2.45, 2.75) is 69.4 Å². The second-order valence-electron chi connectivity index (χ2n) is 9.46. The number of nitrogens with zero attached hydrogens (tertiary/aromatic N) is 2. The predicted molar refractivity (Wildman–Crippen MR) is 111 cm³/mol. The Balaban J connectivity index is 1.28. The van der Waals surface area contributed by atoms with Gasteiger partial charge in [-0.05, 0) is 62.8 Å². The van der Waals surface area contributed by atoms with Gasteiger partial charge in [0.05, 0.1) is 5.60 Å². The standard InChI is InChI=1S/C23H29N3O4/c1-14-6-9-19(21(27)24-14)26-11-15-10-16(7-8-17(15)22(26)28)30-20-5-3-4-18(20)25-12-23(2,29)13-25/h7-8,10,18-20,29H,1,3-6,9,11-13H2,2H3,(H,24,27)/t18-,19?,20-/m1/s1. The molecule has 160 valence electrons. The lowest BCUT2D eigenvalue weighted by atomic mass is 9.93. The van der Waals surface area contributed by atoms with Crippen molar-refractivity contribution in [3.05, 3.63) is 41.6 Å². The number of fused-ring (bicyclic) bond motifs is 1. The molecule has 7 nitrogen and oxygen atoms in total. The molecule has 2 amide bonds. The van der Waals surface area contributed by atoms with Crippen LogP contribution in [0.15, 0.2) is 30.5 Å². The number of hydrogen-bond acceptors (Lipinski definition) is 5. The van der Waals surface area contributed by atoms with Crippen LogP contribution in [0.5, 0.6) is 5.75 Å². The SMILES string of the molecule is C=C1CCC(N2Cc3cc(O[C@@H]4CCC[C@H]4N4CC(C)(O)C4)ccc3C2=O)C(=O)N1. The van der Waals surface area contributed by atoms with E-state index in [-0.39, 0.29) is 17.9 Å². The summed E-state index contributed by atoms with van der Waals surface area (Å²) in [7, 11) is 0. The maximum atomic E-state index is 12.9. The summed E-state index contributed by atoms with van der Waals surface area (Å²) in [6.07, 6.45) is 4.60. The van der Waals surface area contributed by atoms with Gasteiger partial charge in [-0.1, -0.05) is 6.58 Å². The topological polar surface area (TPSA) is 82.1 Å². The molecule has 1 aromatic carbocycles. The Labute approximate surface area is 176 Å². The van der Waals surface area contributed by atoms with Crippen LogP contribution in [-0.2, 0) is 11.3 Å². The van der Waals surface area contributed by atoms with Crippen molar-refractivity contribution in [3.8, 4) is 5.75 Å². The summed E-state index contributed by atoms with van der Waals surface area (Å²) in [5.41, 5.74) is 1.70. The van der Waals surface area contributed by atoms with Gasteiger partial charge < -0.3 is 20.1 Å². The highest BCUT2D eigenvalue weighted by Crippen LogP contribution is 2.35. The highest BCUT2D eigenvalue weighted by atomic mass is 16.5. The minimum Gasteiger partial charge on any atom is -0.489 e. The number of benzene rings is 1. The normalized spacial score (nSPS) is 30.8. The largest absolute Gasteiger partial charge is 0.489 e. The van der Waals surface area contributed by atoms with E-state index in [1.54, 1.807) is 4.90 Å². The number of likely N-dealkylation sites (tertiary alicyclic amines) is 1. The Morgan fingerprint density at radius 3 is 2.77 bits per heavy atom. The lowest BCUT2D eigenvalue weighted by molar-refractivity contribution is -0.126. The Bertz CT molecular complexity index is 904. The van der Waals surface area contributed by atoms with E-state index in [0.29, 0.717) is 49.8 Å². The quantitative estimate of drug-likeness (QED) is 0.790. The molecule has 0 aromatic heterocycles. The van der Waals surface area contributed by atoms with Crippen LogP contribution in [0.1, 0.15) is 54.9 Å². The van der Waals surface area contributed by atoms with Crippen LogP contribution in [0.4, 0.5) is 0 Å². The van der Waals surface area contributed by atoms with Gasteiger partial charge in [-0.2, -0.15) is 0 Å². The van der Waals surface area contributed by atoms with Crippen LogP contribution in [-0.4, -0.2) is 63.6 Å². The van der Waals surface area contributed by atoms with Gasteiger partial charge >= 0.3 is 0 Å². The Morgan fingerprint density at radius 2 is 2.03 bits per heavy atom. The summed E-state index contributed by atoms with van der Waals surface area (Å²) in [5.74, 6) is 0.530. The summed E-state index contributed by atoms with van der Waals surface area (Å²) in [4.78, 5) is 29.2. The molecule has 2 saturated heterocycles. The first-order chi connectivity index (χ1) is 14.3. The third-order valence-corrected chi connectivity index (χ3v) is 6.87. The number of ether oxygens (including phenoxy) is 1. The molecule has 1 saturated carbocycles. The monoisotopic (exact) mass is 411 g/mol. The molecule has 0 radical (unpaired) electrons. The van der Waals surface area contributed by atoms with E-state index in [0.717, 1.165) is 30.6 Å². The van der Waals surface area contributed by atoms with Crippen LogP contribution < -0.4 is 10.1 Å². The molecule has 0 bridgehead atoms. The zero-order valence-electron chi connectivity index (χ0n) is 17.4. The molecule has 3 aliphatic heterocycles. The molecule has 1 aromatic rings. The lowest BCUT2D eigenvalue weighted by Gasteiger charge is -2.48. The average Bonchev–Trinajstić information content (AvgIpc) is 3.24. The van der Waals surface area contributed by atoms with Crippen molar-refractivity contribution in [3.63, 3.8) is 0 Å². The van der Waals surface area contributed by atoms with E-state index in [2.05, 4.69) is 16.8 Å². The second-order valence-corrected chi connectivity index (χ2v) is 9.46. The average molecular weight is 412 g/mol. The second kappa shape index (κ2) is 7.10. The number of rotatable bonds is 4. The predicted octanol–water partition coefficient (Wildman–Crippen LogP) is 1.80. The van der Waals surface area contributed by atoms with E-state index < -0.39 is 11.6 Å². The van der Waals surface area contributed by atoms with Gasteiger partial charge in [0.15, 0.2) is 0 Å². The van der Waals surface area contributed by atoms with E-state index in [9.17, 15) is 14.7 Å². The summed E-state index contributed by atoms with van der Waals surface area (Å²) in [5, 5.41) is 12.8. The van der Waals surface area contributed by atoms with E-state index in [1.165, 1.54) is 0 Å². The molecular formula is C23H29N3O4. The first-order valence-electron chi connectivity index (χ1n) is 10.9. The number of β-amino-alcohol motifs (C(OH)–C–C–N with tert-alkyl or cyclic N) is 1. The van der Waals surface area contributed by atoms with Gasteiger partial charge in [-0.15, -0.1) is 0 Å². The summed E-state index contributed by atoms with van der Waals surface area (Å²) in [6.45, 7) is 7.51. The lowest BCUT2D eigenvalue weighted by Crippen LogP contribution is -2.64. The Kier molecular flexibility index (Phi) is 4.63. The van der Waals surface area contributed by atoms with Crippen molar-refractivity contribution in [1.82, 2.24) is 15.1 Å². The van der Waals surface area contributed by atoms with Gasteiger partial charge in [-0.3, -0.25) is 14.5 Å². The van der Waals surface area contributed by atoms with E-state index >= 15 is 0 Å². The van der Waals surface area contributed by atoms with Gasteiger partial charge in [0.25, 0.3) is 5.91 Å². The molecule has 2 N–H and O–H groups in total. The maximum Gasteiger partial charge on any atom is 0.255 e. The molecule has 3 atom stereocenters. The molecule has 3 heterocycles. The zero-order chi connectivity index (χ0) is 21.0. The third-order valence-electron chi connectivity index (χ3n) is 6.87. The van der Waals surface area contributed by atoms with Crippen LogP contribution in [0.2, 0.25) is 0 Å². The molecule has 7 heteroatoms. The summed E-state index contributed by atoms with van der Waals surface area (Å²) in [6, 6.07) is 5.53. The minimum absolute atomic E-state index is 0.0919. The number of aliphatic hydroxyl groups is 1. The van der Waals surface area contributed by atoms with Crippen molar-refractivity contribution in [2.75, 3.05) is 13.1 Å². The molecule has 1 aliphatic carbocycles. The molecule has 1 unspecified atom stereocenters. The maximum absolute atomic E-state index is 12.9. The fourth-order valence-corrected chi connectivity index (χ4v) is 5.40. The van der Waals surface area contributed by atoms with Gasteiger partial charge in [0, 0.05) is 36.9 Å². The summed E-state index contributed by atoms with van der Waals surface area (Å²) < 4.78 is 6.35. The highest BCUT2D eigenvalue weighted by Gasteiger charge is 2.45.